The van der Waals surface area contributed by atoms with Gasteiger partial charge in [-0.1, -0.05) is 23.2 Å². The minimum atomic E-state index is -1.16. The molecule has 0 aliphatic heterocycles. The highest BCUT2D eigenvalue weighted by atomic mass is 35.5. The molecular formula is C14H17Cl2N3OS. The van der Waals surface area contributed by atoms with Gasteiger partial charge in [0, 0.05) is 42.7 Å². The van der Waals surface area contributed by atoms with Gasteiger partial charge in [0.25, 0.3) is 0 Å². The molecule has 0 aliphatic rings. The third-order valence-electron chi connectivity index (χ3n) is 3.01. The first-order valence-corrected chi connectivity index (χ1v) is 8.52. The van der Waals surface area contributed by atoms with E-state index in [9.17, 15) is 4.21 Å². The summed E-state index contributed by atoms with van der Waals surface area (Å²) in [5, 5.41) is 5.17. The molecule has 0 spiro atoms. The van der Waals surface area contributed by atoms with Crippen LogP contribution in [0.3, 0.4) is 0 Å². The van der Waals surface area contributed by atoms with E-state index in [2.05, 4.69) is 10.00 Å². The fourth-order valence-electron chi connectivity index (χ4n) is 1.94. The first kappa shape index (κ1) is 16.5. The molecule has 1 aromatic heterocycles. The molecule has 2 aromatic rings. The zero-order valence-corrected chi connectivity index (χ0v) is 14.3. The Morgan fingerprint density at radius 3 is 2.81 bits per heavy atom. The summed E-state index contributed by atoms with van der Waals surface area (Å²) in [7, 11) is 2.72. The normalized spacial score (nSPS) is 12.8. The van der Waals surface area contributed by atoms with Gasteiger partial charge in [-0.3, -0.25) is 8.89 Å². The summed E-state index contributed by atoms with van der Waals surface area (Å²) in [6.45, 7) is 1.47. The molecule has 2 rings (SSSR count). The SMILES string of the molecule is CN(CC[S@](=O)c1cc(Cl)ccc1Cl)Cc1cnn(C)c1. The molecule has 0 unspecified atom stereocenters. The predicted octanol–water partition coefficient (Wildman–Crippen LogP) is 2.97. The van der Waals surface area contributed by atoms with Gasteiger partial charge in [-0.05, 0) is 25.2 Å². The summed E-state index contributed by atoms with van der Waals surface area (Å²) < 4.78 is 14.1. The van der Waals surface area contributed by atoms with Gasteiger partial charge in [0.2, 0.25) is 0 Å². The van der Waals surface area contributed by atoms with Crippen LogP contribution in [0.4, 0.5) is 0 Å². The summed E-state index contributed by atoms with van der Waals surface area (Å²) >= 11 is 12.0. The lowest BCUT2D eigenvalue weighted by Gasteiger charge is -2.15. The van der Waals surface area contributed by atoms with E-state index in [-0.39, 0.29) is 0 Å². The summed E-state index contributed by atoms with van der Waals surface area (Å²) in [6.07, 6.45) is 3.81. The third-order valence-corrected chi connectivity index (χ3v) is 5.07. The molecule has 0 amide bonds. The Balaban J connectivity index is 1.90. The van der Waals surface area contributed by atoms with E-state index in [1.807, 2.05) is 26.5 Å². The number of halogens is 2. The number of aromatic nitrogens is 2. The standard InChI is InChI=1S/C14H17Cl2N3OS/c1-18(9-11-8-17-19(2)10-11)5-6-21(20)14-7-12(15)3-4-13(14)16/h3-4,7-8,10H,5-6,9H2,1-2H3/t21-/m0/s1. The average Bonchev–Trinajstić information content (AvgIpc) is 2.84. The summed E-state index contributed by atoms with van der Waals surface area (Å²) in [5.41, 5.74) is 1.13. The van der Waals surface area contributed by atoms with E-state index in [1.54, 1.807) is 22.9 Å². The van der Waals surface area contributed by atoms with Crippen molar-refractivity contribution in [2.75, 3.05) is 19.3 Å². The van der Waals surface area contributed by atoms with E-state index in [0.717, 1.165) is 12.1 Å². The average molecular weight is 346 g/mol. The van der Waals surface area contributed by atoms with Crippen molar-refractivity contribution in [3.63, 3.8) is 0 Å². The monoisotopic (exact) mass is 345 g/mol. The summed E-state index contributed by atoms with van der Waals surface area (Å²) in [5.74, 6) is 0.511. The van der Waals surface area contributed by atoms with E-state index < -0.39 is 10.8 Å². The maximum atomic E-state index is 12.3. The molecule has 0 saturated heterocycles. The van der Waals surface area contributed by atoms with E-state index in [4.69, 9.17) is 23.2 Å². The second-order valence-corrected chi connectivity index (χ2v) is 7.27. The first-order valence-electron chi connectivity index (χ1n) is 6.45. The Morgan fingerprint density at radius 1 is 1.38 bits per heavy atom. The lowest BCUT2D eigenvalue weighted by atomic mass is 10.3. The van der Waals surface area contributed by atoms with Crippen LogP contribution in [0.5, 0.6) is 0 Å². The predicted molar refractivity (Wildman–Crippen MR) is 87.3 cm³/mol. The molecule has 0 aliphatic carbocycles. The lowest BCUT2D eigenvalue weighted by Crippen LogP contribution is -2.23. The molecule has 1 atom stereocenters. The molecular weight excluding hydrogens is 329 g/mol. The molecule has 0 N–H and O–H groups in total. The van der Waals surface area contributed by atoms with Gasteiger partial charge >= 0.3 is 0 Å². The zero-order valence-electron chi connectivity index (χ0n) is 11.9. The zero-order chi connectivity index (χ0) is 15.4. The molecule has 114 valence electrons. The number of hydrogen-bond donors (Lipinski definition) is 0. The quantitative estimate of drug-likeness (QED) is 0.807. The third kappa shape index (κ3) is 4.81. The highest BCUT2D eigenvalue weighted by Crippen LogP contribution is 2.23. The molecule has 0 saturated carbocycles. The fraction of sp³-hybridized carbons (Fsp3) is 0.357. The van der Waals surface area contributed by atoms with Crippen molar-refractivity contribution in [2.24, 2.45) is 7.05 Å². The molecule has 1 aromatic carbocycles. The Morgan fingerprint density at radius 2 is 2.14 bits per heavy atom. The number of aryl methyl sites for hydroxylation is 1. The van der Waals surface area contributed by atoms with Crippen molar-refractivity contribution < 1.29 is 4.21 Å². The number of nitrogens with zero attached hydrogens (tertiary/aromatic N) is 3. The second kappa shape index (κ2) is 7.40. The van der Waals surface area contributed by atoms with Crippen LogP contribution >= 0.6 is 23.2 Å². The van der Waals surface area contributed by atoms with Crippen LogP contribution in [0.1, 0.15) is 5.56 Å². The van der Waals surface area contributed by atoms with E-state index in [0.29, 0.717) is 27.2 Å². The van der Waals surface area contributed by atoms with E-state index >= 15 is 0 Å². The summed E-state index contributed by atoms with van der Waals surface area (Å²) in [6, 6.07) is 5.04. The minimum Gasteiger partial charge on any atom is -0.301 e. The summed E-state index contributed by atoms with van der Waals surface area (Å²) in [4.78, 5) is 2.70. The molecule has 21 heavy (non-hydrogen) atoms. The van der Waals surface area contributed by atoms with Gasteiger partial charge in [-0.2, -0.15) is 5.10 Å². The Kier molecular flexibility index (Phi) is 5.81. The maximum absolute atomic E-state index is 12.3. The Labute approximate surface area is 137 Å². The van der Waals surface area contributed by atoms with Gasteiger partial charge in [0.05, 0.1) is 26.9 Å². The molecule has 0 radical (unpaired) electrons. The number of rotatable bonds is 6. The van der Waals surface area contributed by atoms with Crippen LogP contribution < -0.4 is 0 Å². The molecule has 7 heteroatoms. The Hall–Kier alpha value is -0.880. The minimum absolute atomic E-state index is 0.493. The van der Waals surface area contributed by atoms with Crippen molar-refractivity contribution >= 4 is 34.0 Å². The van der Waals surface area contributed by atoms with Crippen LogP contribution in [0.15, 0.2) is 35.5 Å². The number of hydrogen-bond acceptors (Lipinski definition) is 3. The maximum Gasteiger partial charge on any atom is 0.0589 e. The molecule has 4 nitrogen and oxygen atoms in total. The smallest absolute Gasteiger partial charge is 0.0589 e. The van der Waals surface area contributed by atoms with Crippen LogP contribution in [-0.2, 0) is 24.4 Å². The number of benzene rings is 1. The van der Waals surface area contributed by atoms with Crippen LogP contribution in [0, 0.1) is 0 Å². The fourth-order valence-corrected chi connectivity index (χ4v) is 3.80. The van der Waals surface area contributed by atoms with Gasteiger partial charge in [-0.15, -0.1) is 0 Å². The van der Waals surface area contributed by atoms with Crippen LogP contribution in [-0.4, -0.2) is 38.2 Å². The molecule has 0 fully saturated rings. The van der Waals surface area contributed by atoms with Crippen LogP contribution in [0.25, 0.3) is 0 Å². The van der Waals surface area contributed by atoms with Gasteiger partial charge in [-0.25, -0.2) is 0 Å². The van der Waals surface area contributed by atoms with Crippen molar-refractivity contribution in [3.8, 4) is 0 Å². The van der Waals surface area contributed by atoms with E-state index in [1.165, 1.54) is 0 Å². The highest BCUT2D eigenvalue weighted by molar-refractivity contribution is 7.85. The van der Waals surface area contributed by atoms with Crippen molar-refractivity contribution in [2.45, 2.75) is 11.4 Å². The van der Waals surface area contributed by atoms with Gasteiger partial charge < -0.3 is 4.90 Å². The van der Waals surface area contributed by atoms with Crippen molar-refractivity contribution in [1.82, 2.24) is 14.7 Å². The largest absolute Gasteiger partial charge is 0.301 e. The van der Waals surface area contributed by atoms with Crippen LogP contribution in [0.2, 0.25) is 10.0 Å². The lowest BCUT2D eigenvalue weighted by molar-refractivity contribution is 0.347. The van der Waals surface area contributed by atoms with Gasteiger partial charge in [0.1, 0.15) is 0 Å². The van der Waals surface area contributed by atoms with Crippen molar-refractivity contribution in [3.05, 3.63) is 46.2 Å². The second-order valence-electron chi connectivity index (χ2n) is 4.88. The molecule has 0 bridgehead atoms. The Bertz CT molecular complexity index is 645. The topological polar surface area (TPSA) is 38.1 Å². The highest BCUT2D eigenvalue weighted by Gasteiger charge is 2.11. The van der Waals surface area contributed by atoms with Gasteiger partial charge in [0.15, 0.2) is 0 Å². The van der Waals surface area contributed by atoms with Crippen molar-refractivity contribution in [1.29, 1.82) is 0 Å². The molecule has 1 heterocycles. The first-order chi connectivity index (χ1) is 9.95.